The molecule has 0 unspecified atom stereocenters. The Balaban J connectivity index is 2.57. The van der Waals surface area contributed by atoms with Crippen LogP contribution in [-0.4, -0.2) is 35.6 Å². The van der Waals surface area contributed by atoms with Crippen molar-refractivity contribution in [2.24, 2.45) is 10.9 Å². The highest BCUT2D eigenvalue weighted by atomic mass is 16.4. The first-order valence-electron chi connectivity index (χ1n) is 5.64. The molecule has 1 aromatic carbocycles. The van der Waals surface area contributed by atoms with Crippen LogP contribution in [0.1, 0.15) is 18.1 Å². The van der Waals surface area contributed by atoms with Crippen LogP contribution in [0.25, 0.3) is 0 Å². The van der Waals surface area contributed by atoms with E-state index >= 15 is 0 Å². The Bertz CT molecular complexity index is 428. The zero-order valence-corrected chi connectivity index (χ0v) is 10.6. The zero-order chi connectivity index (χ0) is 13.5. The topological polar surface area (TPSA) is 91.0 Å². The van der Waals surface area contributed by atoms with Crippen molar-refractivity contribution in [3.63, 3.8) is 0 Å². The minimum Gasteiger partial charge on any atom is -0.409 e. The summed E-state index contributed by atoms with van der Waals surface area (Å²) in [5.41, 5.74) is 7.03. The van der Waals surface area contributed by atoms with Gasteiger partial charge in [-0.3, -0.25) is 0 Å². The molecule has 2 amide bonds. The summed E-state index contributed by atoms with van der Waals surface area (Å²) in [5.74, 6) is 0.0660. The zero-order valence-electron chi connectivity index (χ0n) is 10.6. The summed E-state index contributed by atoms with van der Waals surface area (Å²) in [5, 5.41) is 14.2. The van der Waals surface area contributed by atoms with Gasteiger partial charge in [0.2, 0.25) is 0 Å². The van der Waals surface area contributed by atoms with E-state index in [1.54, 1.807) is 24.1 Å². The number of amidine groups is 1. The molecule has 0 aliphatic heterocycles. The molecule has 4 N–H and O–H groups in total. The monoisotopic (exact) mass is 250 g/mol. The Morgan fingerprint density at radius 2 is 2.06 bits per heavy atom. The molecule has 1 aromatic rings. The average Bonchev–Trinajstić information content (AvgIpc) is 2.43. The number of nitrogens with zero attached hydrogens (tertiary/aromatic N) is 2. The summed E-state index contributed by atoms with van der Waals surface area (Å²) < 4.78 is 0. The molecule has 1 rings (SSSR count). The van der Waals surface area contributed by atoms with E-state index in [2.05, 4.69) is 10.5 Å². The van der Waals surface area contributed by atoms with Crippen LogP contribution in [0.3, 0.4) is 0 Å². The average molecular weight is 250 g/mol. The molecule has 0 fully saturated rings. The highest BCUT2D eigenvalue weighted by Gasteiger charge is 2.05. The number of amides is 2. The molecule has 18 heavy (non-hydrogen) atoms. The number of carbonyl (C=O) groups excluding carboxylic acids is 1. The van der Waals surface area contributed by atoms with E-state index in [0.29, 0.717) is 18.7 Å². The summed E-state index contributed by atoms with van der Waals surface area (Å²) >= 11 is 0. The minimum atomic E-state index is -0.113. The Kier molecular flexibility index (Phi) is 4.98. The molecule has 0 aromatic heterocycles. The van der Waals surface area contributed by atoms with Crippen molar-refractivity contribution in [2.45, 2.75) is 13.5 Å². The minimum absolute atomic E-state index is 0.0660. The predicted octanol–water partition coefficient (Wildman–Crippen LogP) is 0.942. The van der Waals surface area contributed by atoms with E-state index < -0.39 is 0 Å². The lowest BCUT2D eigenvalue weighted by Gasteiger charge is -2.15. The van der Waals surface area contributed by atoms with Crippen LogP contribution >= 0.6 is 0 Å². The number of urea groups is 1. The van der Waals surface area contributed by atoms with Crippen molar-refractivity contribution >= 4 is 11.9 Å². The number of hydrogen-bond donors (Lipinski definition) is 3. The molecular weight excluding hydrogens is 232 g/mol. The second-order valence-electron chi connectivity index (χ2n) is 3.86. The van der Waals surface area contributed by atoms with Crippen LogP contribution in [0.15, 0.2) is 29.4 Å². The second-order valence-corrected chi connectivity index (χ2v) is 3.86. The number of nitrogens with two attached hydrogens (primary N) is 1. The first-order valence-corrected chi connectivity index (χ1v) is 5.64. The molecule has 0 saturated carbocycles. The number of oxime groups is 1. The molecule has 0 bridgehead atoms. The summed E-state index contributed by atoms with van der Waals surface area (Å²) in [6, 6.07) is 7.00. The highest BCUT2D eigenvalue weighted by molar-refractivity contribution is 5.96. The molecule has 0 atom stereocenters. The third kappa shape index (κ3) is 3.65. The largest absolute Gasteiger partial charge is 0.409 e. The Labute approximate surface area is 106 Å². The lowest BCUT2D eigenvalue weighted by atomic mass is 10.1. The van der Waals surface area contributed by atoms with E-state index in [-0.39, 0.29) is 11.9 Å². The van der Waals surface area contributed by atoms with Gasteiger partial charge in [0.15, 0.2) is 5.84 Å². The molecule has 6 nitrogen and oxygen atoms in total. The molecule has 0 aliphatic rings. The SMILES string of the molecule is CCN(C)C(=O)NCc1ccc(C(N)=NO)cc1. The van der Waals surface area contributed by atoms with Crippen molar-refractivity contribution < 1.29 is 10.0 Å². The van der Waals surface area contributed by atoms with Gasteiger partial charge in [0, 0.05) is 25.7 Å². The Morgan fingerprint density at radius 3 is 2.56 bits per heavy atom. The van der Waals surface area contributed by atoms with Gasteiger partial charge in [-0.25, -0.2) is 4.79 Å². The van der Waals surface area contributed by atoms with Gasteiger partial charge in [-0.05, 0) is 12.5 Å². The smallest absolute Gasteiger partial charge is 0.317 e. The van der Waals surface area contributed by atoms with Crippen molar-refractivity contribution in [1.82, 2.24) is 10.2 Å². The summed E-state index contributed by atoms with van der Waals surface area (Å²) in [4.78, 5) is 13.1. The maximum atomic E-state index is 11.5. The third-order valence-electron chi connectivity index (χ3n) is 2.62. The molecule has 6 heteroatoms. The number of rotatable bonds is 4. The number of carbonyl (C=O) groups is 1. The lowest BCUT2D eigenvalue weighted by Crippen LogP contribution is -2.36. The van der Waals surface area contributed by atoms with Gasteiger partial charge in [0.1, 0.15) is 0 Å². The normalized spacial score (nSPS) is 11.1. The van der Waals surface area contributed by atoms with Crippen LogP contribution in [0.4, 0.5) is 4.79 Å². The fourth-order valence-electron chi connectivity index (χ4n) is 1.31. The Hall–Kier alpha value is -2.24. The van der Waals surface area contributed by atoms with Crippen LogP contribution in [0.2, 0.25) is 0 Å². The van der Waals surface area contributed by atoms with E-state index in [1.165, 1.54) is 0 Å². The van der Waals surface area contributed by atoms with Crippen LogP contribution in [0.5, 0.6) is 0 Å². The highest BCUT2D eigenvalue weighted by Crippen LogP contribution is 2.04. The van der Waals surface area contributed by atoms with Crippen molar-refractivity contribution in [3.05, 3.63) is 35.4 Å². The van der Waals surface area contributed by atoms with Crippen molar-refractivity contribution in [3.8, 4) is 0 Å². The first kappa shape index (κ1) is 13.8. The van der Waals surface area contributed by atoms with Gasteiger partial charge in [-0.2, -0.15) is 0 Å². The van der Waals surface area contributed by atoms with Gasteiger partial charge >= 0.3 is 6.03 Å². The number of hydrogen-bond acceptors (Lipinski definition) is 3. The fourth-order valence-corrected chi connectivity index (χ4v) is 1.31. The summed E-state index contributed by atoms with van der Waals surface area (Å²) in [6.45, 7) is 3.01. The van der Waals surface area contributed by atoms with E-state index in [0.717, 1.165) is 5.56 Å². The lowest BCUT2D eigenvalue weighted by molar-refractivity contribution is 0.210. The van der Waals surface area contributed by atoms with Crippen LogP contribution < -0.4 is 11.1 Å². The van der Waals surface area contributed by atoms with Gasteiger partial charge in [-0.1, -0.05) is 29.4 Å². The van der Waals surface area contributed by atoms with E-state index in [4.69, 9.17) is 10.9 Å². The van der Waals surface area contributed by atoms with Crippen LogP contribution in [0, 0.1) is 0 Å². The number of benzene rings is 1. The quantitative estimate of drug-likeness (QED) is 0.321. The summed E-state index contributed by atoms with van der Waals surface area (Å²) in [7, 11) is 1.73. The second kappa shape index (κ2) is 6.48. The number of nitrogens with one attached hydrogen (secondary N) is 1. The van der Waals surface area contributed by atoms with Gasteiger partial charge in [0.25, 0.3) is 0 Å². The Morgan fingerprint density at radius 1 is 1.44 bits per heavy atom. The molecular formula is C12H18N4O2. The van der Waals surface area contributed by atoms with Crippen molar-refractivity contribution in [1.29, 1.82) is 0 Å². The molecule has 0 aliphatic carbocycles. The molecule has 0 radical (unpaired) electrons. The fraction of sp³-hybridized carbons (Fsp3) is 0.333. The molecule has 98 valence electrons. The standard InChI is InChI=1S/C12H18N4O2/c1-3-16(2)12(17)14-8-9-4-6-10(7-5-9)11(13)15-18/h4-7,18H,3,8H2,1-2H3,(H2,13,15)(H,14,17). The van der Waals surface area contributed by atoms with Gasteiger partial charge < -0.3 is 21.2 Å². The van der Waals surface area contributed by atoms with Crippen molar-refractivity contribution in [2.75, 3.05) is 13.6 Å². The van der Waals surface area contributed by atoms with Gasteiger partial charge in [0.05, 0.1) is 0 Å². The van der Waals surface area contributed by atoms with Crippen LogP contribution in [-0.2, 0) is 6.54 Å². The van der Waals surface area contributed by atoms with E-state index in [1.807, 2.05) is 19.1 Å². The third-order valence-corrected chi connectivity index (χ3v) is 2.62. The maximum absolute atomic E-state index is 11.5. The van der Waals surface area contributed by atoms with E-state index in [9.17, 15) is 4.79 Å². The summed E-state index contributed by atoms with van der Waals surface area (Å²) in [6.07, 6.45) is 0. The predicted molar refractivity (Wildman–Crippen MR) is 69.5 cm³/mol. The van der Waals surface area contributed by atoms with Gasteiger partial charge in [-0.15, -0.1) is 0 Å². The first-order chi connectivity index (χ1) is 8.58. The molecule has 0 spiro atoms. The molecule has 0 saturated heterocycles. The maximum Gasteiger partial charge on any atom is 0.317 e. The molecule has 0 heterocycles.